The van der Waals surface area contributed by atoms with Crippen LogP contribution < -0.4 is 5.32 Å². The van der Waals surface area contributed by atoms with Gasteiger partial charge in [-0.1, -0.05) is 29.8 Å². The van der Waals surface area contributed by atoms with Crippen LogP contribution in [0.4, 0.5) is 4.39 Å². The molecule has 0 bridgehead atoms. The van der Waals surface area contributed by atoms with Crippen molar-refractivity contribution in [3.63, 3.8) is 0 Å². The lowest BCUT2D eigenvalue weighted by Crippen LogP contribution is -2.27. The Morgan fingerprint density at radius 3 is 2.52 bits per heavy atom. The minimum absolute atomic E-state index is 0.134. The topological polar surface area (TPSA) is 68.0 Å². The van der Waals surface area contributed by atoms with Crippen LogP contribution in [0, 0.1) is 12.7 Å². The third kappa shape index (κ3) is 4.73. The van der Waals surface area contributed by atoms with Gasteiger partial charge >= 0.3 is 0 Å². The highest BCUT2D eigenvalue weighted by Crippen LogP contribution is 2.18. The van der Waals surface area contributed by atoms with Crippen molar-refractivity contribution in [1.29, 1.82) is 0 Å². The zero-order chi connectivity index (χ0) is 17.6. The molecule has 1 amide bonds. The molecule has 0 aliphatic heterocycles. The Morgan fingerprint density at radius 1 is 1.08 bits per heavy atom. The summed E-state index contributed by atoms with van der Waals surface area (Å²) >= 11 is 0. The van der Waals surface area contributed by atoms with Gasteiger partial charge in [0.15, 0.2) is 0 Å². The molecule has 6 heteroatoms. The lowest BCUT2D eigenvalue weighted by molar-refractivity contribution is -0.120. The van der Waals surface area contributed by atoms with E-state index in [-0.39, 0.29) is 18.1 Å². The molecule has 0 aliphatic rings. The maximum Gasteiger partial charge on any atom is 0.247 e. The molecule has 0 atom stereocenters. The fraction of sp³-hybridized carbons (Fsp3) is 0.211. The average molecular weight is 339 g/mol. The molecular formula is C19H18FN3O2. The van der Waals surface area contributed by atoms with Gasteiger partial charge in [-0.2, -0.15) is 0 Å². The van der Waals surface area contributed by atoms with Crippen LogP contribution in [0.3, 0.4) is 0 Å². The molecule has 2 aromatic carbocycles. The first-order chi connectivity index (χ1) is 12.1. The molecule has 0 aliphatic carbocycles. The number of hydrogen-bond donors (Lipinski definition) is 1. The van der Waals surface area contributed by atoms with Crippen molar-refractivity contribution in [1.82, 2.24) is 15.5 Å². The Bertz CT molecular complexity index is 842. The number of nitrogens with one attached hydrogen (secondary N) is 1. The minimum Gasteiger partial charge on any atom is -0.421 e. The highest BCUT2D eigenvalue weighted by atomic mass is 19.1. The molecule has 0 spiro atoms. The van der Waals surface area contributed by atoms with Crippen molar-refractivity contribution in [3.05, 3.63) is 71.4 Å². The number of nitrogens with zero attached hydrogens (tertiary/aromatic N) is 2. The number of carbonyl (C=O) groups excluding carboxylic acids is 1. The highest BCUT2D eigenvalue weighted by molar-refractivity contribution is 5.78. The zero-order valence-corrected chi connectivity index (χ0v) is 13.8. The predicted molar refractivity (Wildman–Crippen MR) is 91.3 cm³/mol. The summed E-state index contributed by atoms with van der Waals surface area (Å²) in [7, 11) is 0. The summed E-state index contributed by atoms with van der Waals surface area (Å²) in [6, 6.07) is 13.7. The Kier molecular flexibility index (Phi) is 5.18. The molecular weight excluding hydrogens is 321 g/mol. The van der Waals surface area contributed by atoms with Crippen molar-refractivity contribution in [2.75, 3.05) is 6.54 Å². The van der Waals surface area contributed by atoms with Crippen LogP contribution in [0.1, 0.15) is 17.0 Å². The monoisotopic (exact) mass is 339 g/mol. The summed E-state index contributed by atoms with van der Waals surface area (Å²) < 4.78 is 18.4. The maximum atomic E-state index is 12.8. The molecule has 3 aromatic rings. The Labute approximate surface area is 144 Å². The summed E-state index contributed by atoms with van der Waals surface area (Å²) in [4.78, 5) is 11.9. The molecule has 3 rings (SSSR count). The van der Waals surface area contributed by atoms with Gasteiger partial charge in [-0.25, -0.2) is 4.39 Å². The van der Waals surface area contributed by atoms with E-state index in [1.54, 1.807) is 12.1 Å². The fourth-order valence-corrected chi connectivity index (χ4v) is 2.33. The van der Waals surface area contributed by atoms with Gasteiger partial charge in [0, 0.05) is 18.5 Å². The van der Waals surface area contributed by atoms with Gasteiger partial charge in [0.1, 0.15) is 5.82 Å². The van der Waals surface area contributed by atoms with E-state index >= 15 is 0 Å². The van der Waals surface area contributed by atoms with E-state index in [4.69, 9.17) is 4.42 Å². The van der Waals surface area contributed by atoms with E-state index in [0.29, 0.717) is 24.7 Å². The van der Waals surface area contributed by atoms with Gasteiger partial charge in [-0.15, -0.1) is 10.2 Å². The van der Waals surface area contributed by atoms with E-state index in [2.05, 4.69) is 15.5 Å². The number of carbonyl (C=O) groups is 1. The molecule has 0 saturated heterocycles. The summed E-state index contributed by atoms with van der Waals surface area (Å²) in [5.41, 5.74) is 2.79. The third-order valence-electron chi connectivity index (χ3n) is 3.70. The van der Waals surface area contributed by atoms with E-state index in [1.165, 1.54) is 12.1 Å². The second kappa shape index (κ2) is 7.70. The standard InChI is InChI=1S/C19H18FN3O2/c1-13-2-6-15(7-3-13)19-23-22-18(25-19)10-11-21-17(24)12-14-4-8-16(20)9-5-14/h2-9H,10-12H2,1H3,(H,21,24). The lowest BCUT2D eigenvalue weighted by Gasteiger charge is -2.03. The average Bonchev–Trinajstić information content (AvgIpc) is 3.06. The van der Waals surface area contributed by atoms with Gasteiger partial charge in [-0.3, -0.25) is 4.79 Å². The molecule has 5 nitrogen and oxygen atoms in total. The van der Waals surface area contributed by atoms with Crippen LogP contribution in [0.5, 0.6) is 0 Å². The summed E-state index contributed by atoms with van der Waals surface area (Å²) in [6.07, 6.45) is 0.659. The Balaban J connectivity index is 1.48. The van der Waals surface area contributed by atoms with E-state index < -0.39 is 0 Å². The maximum absolute atomic E-state index is 12.8. The Morgan fingerprint density at radius 2 is 1.80 bits per heavy atom. The number of hydrogen-bond acceptors (Lipinski definition) is 4. The highest BCUT2D eigenvalue weighted by Gasteiger charge is 2.09. The van der Waals surface area contributed by atoms with Crippen LogP contribution in [0.2, 0.25) is 0 Å². The van der Waals surface area contributed by atoms with E-state index in [9.17, 15) is 9.18 Å². The largest absolute Gasteiger partial charge is 0.421 e. The fourth-order valence-electron chi connectivity index (χ4n) is 2.33. The normalized spacial score (nSPS) is 10.6. The number of halogens is 1. The van der Waals surface area contributed by atoms with Crippen LogP contribution >= 0.6 is 0 Å². The van der Waals surface area contributed by atoms with Crippen LogP contribution in [0.25, 0.3) is 11.5 Å². The summed E-state index contributed by atoms with van der Waals surface area (Å²) in [5.74, 6) is 0.486. The van der Waals surface area contributed by atoms with Crippen molar-refractivity contribution in [2.45, 2.75) is 19.8 Å². The van der Waals surface area contributed by atoms with E-state index in [1.807, 2.05) is 31.2 Å². The first kappa shape index (κ1) is 16.8. The first-order valence-electron chi connectivity index (χ1n) is 8.01. The quantitative estimate of drug-likeness (QED) is 0.749. The SMILES string of the molecule is Cc1ccc(-c2nnc(CCNC(=O)Cc3ccc(F)cc3)o2)cc1. The summed E-state index contributed by atoms with van der Waals surface area (Å²) in [5, 5.41) is 10.8. The molecule has 0 saturated carbocycles. The zero-order valence-electron chi connectivity index (χ0n) is 13.8. The molecule has 0 unspecified atom stereocenters. The molecule has 25 heavy (non-hydrogen) atoms. The van der Waals surface area contributed by atoms with Crippen molar-refractivity contribution in [2.24, 2.45) is 0 Å². The second-order valence-corrected chi connectivity index (χ2v) is 5.77. The van der Waals surface area contributed by atoms with Crippen molar-refractivity contribution in [3.8, 4) is 11.5 Å². The summed E-state index contributed by atoms with van der Waals surface area (Å²) in [6.45, 7) is 2.41. The number of rotatable bonds is 6. The number of amides is 1. The van der Waals surface area contributed by atoms with Crippen LogP contribution in [0.15, 0.2) is 52.9 Å². The van der Waals surface area contributed by atoms with Gasteiger partial charge in [0.2, 0.25) is 17.7 Å². The predicted octanol–water partition coefficient (Wildman–Crippen LogP) is 3.09. The van der Waals surface area contributed by atoms with E-state index in [0.717, 1.165) is 16.7 Å². The molecule has 128 valence electrons. The van der Waals surface area contributed by atoms with Gasteiger partial charge in [0.05, 0.1) is 6.42 Å². The lowest BCUT2D eigenvalue weighted by atomic mass is 10.1. The van der Waals surface area contributed by atoms with Crippen LogP contribution in [-0.2, 0) is 17.6 Å². The molecule has 0 radical (unpaired) electrons. The second-order valence-electron chi connectivity index (χ2n) is 5.77. The van der Waals surface area contributed by atoms with Gasteiger partial charge < -0.3 is 9.73 Å². The molecule has 1 heterocycles. The Hall–Kier alpha value is -3.02. The molecule has 1 N–H and O–H groups in total. The molecule has 0 fully saturated rings. The van der Waals surface area contributed by atoms with Crippen molar-refractivity contribution >= 4 is 5.91 Å². The van der Waals surface area contributed by atoms with Crippen LogP contribution in [-0.4, -0.2) is 22.6 Å². The number of aromatic nitrogens is 2. The number of benzene rings is 2. The first-order valence-corrected chi connectivity index (χ1v) is 8.01. The smallest absolute Gasteiger partial charge is 0.247 e. The molecule has 1 aromatic heterocycles. The third-order valence-corrected chi connectivity index (χ3v) is 3.70. The van der Waals surface area contributed by atoms with Gasteiger partial charge in [-0.05, 0) is 36.8 Å². The number of aryl methyl sites for hydroxylation is 1. The minimum atomic E-state index is -0.315. The van der Waals surface area contributed by atoms with Gasteiger partial charge in [0.25, 0.3) is 0 Å². The van der Waals surface area contributed by atoms with Crippen molar-refractivity contribution < 1.29 is 13.6 Å².